The second-order valence-electron chi connectivity index (χ2n) is 3.66. The third-order valence-corrected chi connectivity index (χ3v) is 2.88. The van der Waals surface area contributed by atoms with E-state index in [4.69, 9.17) is 4.42 Å². The number of amides is 1. The molecule has 1 N–H and O–H groups in total. The Morgan fingerprint density at radius 3 is 2.89 bits per heavy atom. The van der Waals surface area contributed by atoms with Crippen LogP contribution in [0, 0.1) is 10.5 Å². The van der Waals surface area contributed by atoms with Crippen LogP contribution in [-0.4, -0.2) is 12.1 Å². The molecule has 0 spiro atoms. The highest BCUT2D eigenvalue weighted by atomic mass is 127. The minimum absolute atomic E-state index is 0.243. The van der Waals surface area contributed by atoms with Gasteiger partial charge in [0.2, 0.25) is 0 Å². The van der Waals surface area contributed by atoms with Crippen LogP contribution in [0.2, 0.25) is 0 Å². The molecule has 5 heteroatoms. The van der Waals surface area contributed by atoms with Gasteiger partial charge in [-0.3, -0.25) is 4.79 Å². The lowest BCUT2D eigenvalue weighted by Gasteiger charge is -1.99. The number of carbonyl (C=O) groups is 1. The molecule has 1 aromatic carbocycles. The molecule has 1 amide bonds. The van der Waals surface area contributed by atoms with E-state index in [1.807, 2.05) is 25.1 Å². The Labute approximate surface area is 118 Å². The lowest BCUT2D eigenvalue weighted by molar-refractivity contribution is 0.0955. The van der Waals surface area contributed by atoms with Crippen molar-refractivity contribution in [2.75, 3.05) is 0 Å². The molecule has 18 heavy (non-hydrogen) atoms. The molecule has 92 valence electrons. The first-order chi connectivity index (χ1) is 8.65. The standard InChI is InChI=1S/C13H11IN2O2/c1-9-5-6-12(18-9)8-15-16-13(17)10-3-2-4-11(14)7-10/h2-8H,1H3,(H,16,17). The number of rotatable bonds is 3. The van der Waals surface area contributed by atoms with Crippen LogP contribution in [0.15, 0.2) is 45.9 Å². The van der Waals surface area contributed by atoms with Crippen molar-refractivity contribution in [2.24, 2.45) is 5.10 Å². The first-order valence-corrected chi connectivity index (χ1v) is 6.38. The van der Waals surface area contributed by atoms with Crippen molar-refractivity contribution in [2.45, 2.75) is 6.92 Å². The number of hydrazone groups is 1. The van der Waals surface area contributed by atoms with Crippen molar-refractivity contribution in [3.63, 3.8) is 0 Å². The number of aryl methyl sites for hydroxylation is 1. The molecule has 2 rings (SSSR count). The van der Waals surface area contributed by atoms with Crippen LogP contribution in [0.25, 0.3) is 0 Å². The van der Waals surface area contributed by atoms with Crippen molar-refractivity contribution < 1.29 is 9.21 Å². The van der Waals surface area contributed by atoms with E-state index in [9.17, 15) is 4.79 Å². The molecule has 0 aliphatic heterocycles. The summed E-state index contributed by atoms with van der Waals surface area (Å²) in [6, 6.07) is 10.9. The molecule has 0 aliphatic rings. The minimum Gasteiger partial charge on any atom is -0.460 e. The Morgan fingerprint density at radius 2 is 2.22 bits per heavy atom. The van der Waals surface area contributed by atoms with Crippen molar-refractivity contribution >= 4 is 34.7 Å². The van der Waals surface area contributed by atoms with Crippen molar-refractivity contribution in [3.8, 4) is 0 Å². The first kappa shape index (κ1) is 12.8. The Balaban J connectivity index is 1.98. The second kappa shape index (κ2) is 5.81. The van der Waals surface area contributed by atoms with E-state index in [0.717, 1.165) is 9.33 Å². The molecule has 0 atom stereocenters. The van der Waals surface area contributed by atoms with Crippen LogP contribution >= 0.6 is 22.6 Å². The fourth-order valence-corrected chi connectivity index (χ4v) is 1.91. The van der Waals surface area contributed by atoms with Crippen molar-refractivity contribution in [1.82, 2.24) is 5.43 Å². The summed E-state index contributed by atoms with van der Waals surface area (Å²) in [5.41, 5.74) is 3.03. The topological polar surface area (TPSA) is 54.6 Å². The van der Waals surface area contributed by atoms with Crippen molar-refractivity contribution in [1.29, 1.82) is 0 Å². The second-order valence-corrected chi connectivity index (χ2v) is 4.90. The third kappa shape index (κ3) is 3.43. The summed E-state index contributed by atoms with van der Waals surface area (Å²) >= 11 is 2.16. The zero-order valence-electron chi connectivity index (χ0n) is 9.68. The number of benzene rings is 1. The molecule has 4 nitrogen and oxygen atoms in total. The zero-order valence-corrected chi connectivity index (χ0v) is 11.8. The summed E-state index contributed by atoms with van der Waals surface area (Å²) in [5.74, 6) is 1.17. The number of carbonyl (C=O) groups excluding carboxylic acids is 1. The van der Waals surface area contributed by atoms with Gasteiger partial charge >= 0.3 is 0 Å². The van der Waals surface area contributed by atoms with Gasteiger partial charge in [0.1, 0.15) is 11.5 Å². The van der Waals surface area contributed by atoms with Crippen LogP contribution in [0.3, 0.4) is 0 Å². The lowest BCUT2D eigenvalue weighted by atomic mass is 10.2. The smallest absolute Gasteiger partial charge is 0.271 e. The van der Waals surface area contributed by atoms with Gasteiger partial charge in [-0.15, -0.1) is 0 Å². The van der Waals surface area contributed by atoms with Gasteiger partial charge in [0.05, 0.1) is 6.21 Å². The van der Waals surface area contributed by atoms with Gasteiger partial charge in [0.25, 0.3) is 5.91 Å². The largest absolute Gasteiger partial charge is 0.460 e. The monoisotopic (exact) mass is 354 g/mol. The minimum atomic E-state index is -0.243. The molecule has 0 saturated heterocycles. The molecule has 1 aromatic heterocycles. The van der Waals surface area contributed by atoms with E-state index >= 15 is 0 Å². The number of hydrogen-bond acceptors (Lipinski definition) is 3. The fraction of sp³-hybridized carbons (Fsp3) is 0.0769. The van der Waals surface area contributed by atoms with E-state index in [-0.39, 0.29) is 5.91 Å². The number of furan rings is 1. The molecule has 0 bridgehead atoms. The average Bonchev–Trinajstić information content (AvgIpc) is 2.75. The highest BCUT2D eigenvalue weighted by Crippen LogP contribution is 2.07. The summed E-state index contributed by atoms with van der Waals surface area (Å²) in [5, 5.41) is 3.84. The maximum atomic E-state index is 11.7. The highest BCUT2D eigenvalue weighted by molar-refractivity contribution is 14.1. The first-order valence-electron chi connectivity index (χ1n) is 5.30. The molecule has 0 unspecified atom stereocenters. The van der Waals surface area contributed by atoms with Gasteiger partial charge in [-0.05, 0) is 59.8 Å². The normalized spacial score (nSPS) is 10.8. The molecule has 2 aromatic rings. The van der Waals surface area contributed by atoms with Gasteiger partial charge < -0.3 is 4.42 Å². The van der Waals surface area contributed by atoms with E-state index in [2.05, 4.69) is 33.1 Å². The molecular weight excluding hydrogens is 343 g/mol. The van der Waals surface area contributed by atoms with Crippen LogP contribution in [0.5, 0.6) is 0 Å². The SMILES string of the molecule is Cc1ccc(C=NNC(=O)c2cccc(I)c2)o1. The van der Waals surface area contributed by atoms with E-state index in [0.29, 0.717) is 11.3 Å². The van der Waals surface area contributed by atoms with E-state index in [1.54, 1.807) is 18.2 Å². The highest BCUT2D eigenvalue weighted by Gasteiger charge is 2.03. The average molecular weight is 354 g/mol. The van der Waals surface area contributed by atoms with Crippen molar-refractivity contribution in [3.05, 3.63) is 57.1 Å². The summed E-state index contributed by atoms with van der Waals surface area (Å²) in [7, 11) is 0. The number of hydrogen-bond donors (Lipinski definition) is 1. The van der Waals surface area contributed by atoms with E-state index in [1.165, 1.54) is 6.21 Å². The predicted molar refractivity (Wildman–Crippen MR) is 77.7 cm³/mol. The molecule has 0 radical (unpaired) electrons. The quantitative estimate of drug-likeness (QED) is 0.524. The zero-order chi connectivity index (χ0) is 13.0. The Hall–Kier alpha value is -1.63. The lowest BCUT2D eigenvalue weighted by Crippen LogP contribution is -2.17. The Bertz CT molecular complexity index is 590. The summed E-state index contributed by atoms with van der Waals surface area (Å²) < 4.78 is 6.29. The van der Waals surface area contributed by atoms with Crippen LogP contribution in [0.1, 0.15) is 21.9 Å². The summed E-state index contributed by atoms with van der Waals surface area (Å²) in [4.78, 5) is 11.7. The molecule has 1 heterocycles. The maximum absolute atomic E-state index is 11.7. The van der Waals surface area contributed by atoms with Crippen LogP contribution in [0.4, 0.5) is 0 Å². The van der Waals surface area contributed by atoms with Gasteiger partial charge in [-0.25, -0.2) is 5.43 Å². The van der Waals surface area contributed by atoms with E-state index < -0.39 is 0 Å². The predicted octanol–water partition coefficient (Wildman–Crippen LogP) is 2.96. The van der Waals surface area contributed by atoms with Gasteiger partial charge in [0, 0.05) is 9.13 Å². The fourth-order valence-electron chi connectivity index (χ4n) is 1.37. The maximum Gasteiger partial charge on any atom is 0.271 e. The van der Waals surface area contributed by atoms with Gasteiger partial charge in [0.15, 0.2) is 0 Å². The van der Waals surface area contributed by atoms with Crippen LogP contribution < -0.4 is 5.43 Å². The summed E-state index contributed by atoms with van der Waals surface area (Å²) in [6.07, 6.45) is 1.47. The molecule has 0 aliphatic carbocycles. The number of nitrogens with zero attached hydrogens (tertiary/aromatic N) is 1. The van der Waals surface area contributed by atoms with Gasteiger partial charge in [-0.1, -0.05) is 6.07 Å². The Kier molecular flexibility index (Phi) is 4.14. The van der Waals surface area contributed by atoms with Gasteiger partial charge in [-0.2, -0.15) is 5.10 Å². The summed E-state index contributed by atoms with van der Waals surface area (Å²) in [6.45, 7) is 1.85. The molecular formula is C13H11IN2O2. The number of halogens is 1. The molecule has 0 fully saturated rings. The molecule has 0 saturated carbocycles. The third-order valence-electron chi connectivity index (χ3n) is 2.21. The number of nitrogens with one attached hydrogen (secondary N) is 1. The Morgan fingerprint density at radius 1 is 1.39 bits per heavy atom. The van der Waals surface area contributed by atoms with Crippen LogP contribution in [-0.2, 0) is 0 Å².